The summed E-state index contributed by atoms with van der Waals surface area (Å²) in [4.78, 5) is 16.2. The third-order valence-electron chi connectivity index (χ3n) is 3.44. The molecule has 0 atom stereocenters. The fourth-order valence-corrected chi connectivity index (χ4v) is 2.38. The van der Waals surface area contributed by atoms with Gasteiger partial charge in [0.05, 0.1) is 7.11 Å². The first-order valence-electron chi connectivity index (χ1n) is 6.99. The van der Waals surface area contributed by atoms with Gasteiger partial charge < -0.3 is 10.1 Å². The Kier molecular flexibility index (Phi) is 3.55. The predicted octanol–water partition coefficient (Wildman–Crippen LogP) is 3.28. The van der Waals surface area contributed by atoms with Crippen molar-refractivity contribution in [2.75, 3.05) is 12.4 Å². The van der Waals surface area contributed by atoms with Crippen LogP contribution >= 0.6 is 0 Å². The number of imidazole rings is 1. The summed E-state index contributed by atoms with van der Waals surface area (Å²) in [5, 5.41) is 2.87. The number of carbonyl (C=O) groups is 1. The van der Waals surface area contributed by atoms with Crippen LogP contribution in [-0.4, -0.2) is 22.4 Å². The highest BCUT2D eigenvalue weighted by molar-refractivity contribution is 5.93. The second-order valence-electron chi connectivity index (χ2n) is 5.15. The number of pyridine rings is 1. The van der Waals surface area contributed by atoms with Gasteiger partial charge in [0.1, 0.15) is 22.9 Å². The standard InChI is InChI=1S/C17H17N3O2/c1-11-8-9-20-15(10-11)19-16(17(20)18-12(2)21)13-4-6-14(22-3)7-5-13/h4-10H,1-3H3,(H,18,21). The first-order chi connectivity index (χ1) is 10.6. The summed E-state index contributed by atoms with van der Waals surface area (Å²) in [6.45, 7) is 3.51. The van der Waals surface area contributed by atoms with Gasteiger partial charge in [-0.2, -0.15) is 0 Å². The van der Waals surface area contributed by atoms with Crippen LogP contribution in [-0.2, 0) is 4.79 Å². The molecule has 0 bridgehead atoms. The molecule has 22 heavy (non-hydrogen) atoms. The van der Waals surface area contributed by atoms with Crippen molar-refractivity contribution in [2.45, 2.75) is 13.8 Å². The van der Waals surface area contributed by atoms with Crippen molar-refractivity contribution in [3.05, 3.63) is 48.2 Å². The average molecular weight is 295 g/mol. The van der Waals surface area contributed by atoms with E-state index in [4.69, 9.17) is 4.74 Å². The number of rotatable bonds is 3. The van der Waals surface area contributed by atoms with E-state index in [0.717, 1.165) is 28.2 Å². The Labute approximate surface area is 128 Å². The van der Waals surface area contributed by atoms with Crippen molar-refractivity contribution in [3.8, 4) is 17.0 Å². The number of aromatic nitrogens is 2. The molecule has 2 heterocycles. The van der Waals surface area contributed by atoms with Crippen molar-refractivity contribution in [1.82, 2.24) is 9.38 Å². The molecule has 0 aliphatic carbocycles. The minimum Gasteiger partial charge on any atom is -0.497 e. The SMILES string of the molecule is COc1ccc(-c2nc3cc(C)ccn3c2NC(C)=O)cc1. The lowest BCUT2D eigenvalue weighted by Gasteiger charge is -2.06. The molecule has 2 aromatic heterocycles. The molecule has 1 amide bonds. The van der Waals surface area contributed by atoms with Crippen molar-refractivity contribution in [1.29, 1.82) is 0 Å². The molecule has 0 unspecified atom stereocenters. The van der Waals surface area contributed by atoms with E-state index in [-0.39, 0.29) is 5.91 Å². The van der Waals surface area contributed by atoms with Gasteiger partial charge in [0.15, 0.2) is 0 Å². The molecule has 112 valence electrons. The molecule has 1 aromatic carbocycles. The van der Waals surface area contributed by atoms with Crippen LogP contribution in [0.15, 0.2) is 42.6 Å². The van der Waals surface area contributed by atoms with Gasteiger partial charge in [0.2, 0.25) is 5.91 Å². The van der Waals surface area contributed by atoms with Crippen LogP contribution in [0.4, 0.5) is 5.82 Å². The molecule has 0 saturated carbocycles. The summed E-state index contributed by atoms with van der Waals surface area (Å²) in [5.41, 5.74) is 3.58. The molecular weight excluding hydrogens is 278 g/mol. The number of aryl methyl sites for hydroxylation is 1. The number of anilines is 1. The third kappa shape index (κ3) is 2.53. The van der Waals surface area contributed by atoms with Crippen molar-refractivity contribution < 1.29 is 9.53 Å². The third-order valence-corrected chi connectivity index (χ3v) is 3.44. The molecule has 3 aromatic rings. The van der Waals surface area contributed by atoms with E-state index in [0.29, 0.717) is 5.82 Å². The van der Waals surface area contributed by atoms with Crippen LogP contribution in [0.3, 0.4) is 0 Å². The second-order valence-corrected chi connectivity index (χ2v) is 5.15. The summed E-state index contributed by atoms with van der Waals surface area (Å²) in [7, 11) is 1.63. The number of benzene rings is 1. The van der Waals surface area contributed by atoms with Crippen LogP contribution in [0.1, 0.15) is 12.5 Å². The molecule has 5 nitrogen and oxygen atoms in total. The number of fused-ring (bicyclic) bond motifs is 1. The Morgan fingerprint density at radius 1 is 1.23 bits per heavy atom. The summed E-state index contributed by atoms with van der Waals surface area (Å²) < 4.78 is 7.06. The van der Waals surface area contributed by atoms with Gasteiger partial charge >= 0.3 is 0 Å². The van der Waals surface area contributed by atoms with Gasteiger partial charge in [0, 0.05) is 18.7 Å². The molecule has 0 spiro atoms. The zero-order valence-electron chi connectivity index (χ0n) is 12.8. The lowest BCUT2D eigenvalue weighted by molar-refractivity contribution is -0.114. The van der Waals surface area contributed by atoms with Gasteiger partial charge in [-0.1, -0.05) is 0 Å². The first kappa shape index (κ1) is 14.1. The van der Waals surface area contributed by atoms with Crippen molar-refractivity contribution >= 4 is 17.4 Å². The number of carbonyl (C=O) groups excluding carboxylic acids is 1. The summed E-state index contributed by atoms with van der Waals surface area (Å²) in [6.07, 6.45) is 1.91. The Morgan fingerprint density at radius 2 is 1.95 bits per heavy atom. The second kappa shape index (κ2) is 5.52. The zero-order chi connectivity index (χ0) is 15.7. The number of nitrogens with zero attached hydrogens (tertiary/aromatic N) is 2. The van der Waals surface area contributed by atoms with Gasteiger partial charge in [0.25, 0.3) is 0 Å². The molecule has 0 fully saturated rings. The lowest BCUT2D eigenvalue weighted by Crippen LogP contribution is -2.09. The largest absolute Gasteiger partial charge is 0.497 e. The molecule has 1 N–H and O–H groups in total. The number of hydrogen-bond donors (Lipinski definition) is 1. The fourth-order valence-electron chi connectivity index (χ4n) is 2.38. The van der Waals surface area contributed by atoms with Crippen LogP contribution in [0.5, 0.6) is 5.75 Å². The Morgan fingerprint density at radius 3 is 2.59 bits per heavy atom. The Balaban J connectivity index is 2.19. The van der Waals surface area contributed by atoms with E-state index in [2.05, 4.69) is 10.3 Å². The van der Waals surface area contributed by atoms with E-state index >= 15 is 0 Å². The zero-order valence-corrected chi connectivity index (χ0v) is 12.8. The number of ether oxygens (including phenoxy) is 1. The Bertz CT molecular complexity index is 835. The summed E-state index contributed by atoms with van der Waals surface area (Å²) in [5.74, 6) is 1.33. The maximum atomic E-state index is 11.5. The quantitative estimate of drug-likeness (QED) is 0.806. The monoisotopic (exact) mass is 295 g/mol. The maximum absolute atomic E-state index is 11.5. The Hall–Kier alpha value is -2.82. The minimum atomic E-state index is -0.128. The summed E-state index contributed by atoms with van der Waals surface area (Å²) in [6, 6.07) is 11.6. The van der Waals surface area contributed by atoms with E-state index < -0.39 is 0 Å². The first-order valence-corrected chi connectivity index (χ1v) is 6.99. The van der Waals surface area contributed by atoms with Gasteiger partial charge in [-0.05, 0) is 48.9 Å². The molecule has 0 aliphatic heterocycles. The molecule has 5 heteroatoms. The molecule has 0 radical (unpaired) electrons. The highest BCUT2D eigenvalue weighted by Gasteiger charge is 2.15. The highest BCUT2D eigenvalue weighted by atomic mass is 16.5. The highest BCUT2D eigenvalue weighted by Crippen LogP contribution is 2.30. The molecule has 0 aliphatic rings. The van der Waals surface area contributed by atoms with Crippen LogP contribution < -0.4 is 10.1 Å². The predicted molar refractivity (Wildman–Crippen MR) is 86.2 cm³/mol. The van der Waals surface area contributed by atoms with Crippen molar-refractivity contribution in [2.24, 2.45) is 0 Å². The normalized spacial score (nSPS) is 10.7. The summed E-state index contributed by atoms with van der Waals surface area (Å²) >= 11 is 0. The number of amides is 1. The maximum Gasteiger partial charge on any atom is 0.222 e. The van der Waals surface area contributed by atoms with E-state index in [1.54, 1.807) is 7.11 Å². The average Bonchev–Trinajstić information content (AvgIpc) is 2.84. The van der Waals surface area contributed by atoms with E-state index in [1.165, 1.54) is 6.92 Å². The fraction of sp³-hybridized carbons (Fsp3) is 0.176. The number of hydrogen-bond acceptors (Lipinski definition) is 3. The minimum absolute atomic E-state index is 0.128. The lowest BCUT2D eigenvalue weighted by atomic mass is 10.1. The number of nitrogens with one attached hydrogen (secondary N) is 1. The molecule has 0 saturated heterocycles. The molecular formula is C17H17N3O2. The molecule has 3 rings (SSSR count). The van der Waals surface area contributed by atoms with E-state index in [9.17, 15) is 4.79 Å². The van der Waals surface area contributed by atoms with Crippen LogP contribution in [0, 0.1) is 6.92 Å². The van der Waals surface area contributed by atoms with E-state index in [1.807, 2.05) is 53.9 Å². The van der Waals surface area contributed by atoms with Gasteiger partial charge in [-0.15, -0.1) is 0 Å². The topological polar surface area (TPSA) is 55.6 Å². The van der Waals surface area contributed by atoms with Crippen molar-refractivity contribution in [3.63, 3.8) is 0 Å². The van der Waals surface area contributed by atoms with Crippen LogP contribution in [0.2, 0.25) is 0 Å². The van der Waals surface area contributed by atoms with Crippen LogP contribution in [0.25, 0.3) is 16.9 Å². The van der Waals surface area contributed by atoms with Gasteiger partial charge in [-0.25, -0.2) is 4.98 Å². The smallest absolute Gasteiger partial charge is 0.222 e. The van der Waals surface area contributed by atoms with Gasteiger partial charge in [-0.3, -0.25) is 9.20 Å². The number of methoxy groups -OCH3 is 1.